The fourth-order valence-corrected chi connectivity index (χ4v) is 5.79. The van der Waals surface area contributed by atoms with Crippen molar-refractivity contribution in [2.75, 3.05) is 48.9 Å². The van der Waals surface area contributed by atoms with Crippen molar-refractivity contribution < 1.29 is 13.2 Å². The van der Waals surface area contributed by atoms with E-state index in [0.29, 0.717) is 11.3 Å². The van der Waals surface area contributed by atoms with E-state index in [4.69, 9.17) is 0 Å². The van der Waals surface area contributed by atoms with E-state index in [0.717, 1.165) is 76.2 Å². The maximum absolute atomic E-state index is 13.6. The largest absolute Gasteiger partial charge is 0.368 e. The smallest absolute Gasteiger partial charge is 0.261 e. The quantitative estimate of drug-likeness (QED) is 0.645. The first-order valence-electron chi connectivity index (χ1n) is 12.7. The first kappa shape index (κ1) is 25.5. The zero-order chi connectivity index (χ0) is 25.1. The molecular weight excluding hydrogens is 460 g/mol. The lowest BCUT2D eigenvalue weighted by Crippen LogP contribution is -2.44. The van der Waals surface area contributed by atoms with Crippen molar-refractivity contribution in [1.82, 2.24) is 10.2 Å². The molecule has 0 saturated carbocycles. The first-order chi connectivity index (χ1) is 16.6. The molecule has 2 aromatic rings. The van der Waals surface area contributed by atoms with Gasteiger partial charge >= 0.3 is 0 Å². The van der Waals surface area contributed by atoms with Crippen LogP contribution in [0.5, 0.6) is 0 Å². The minimum atomic E-state index is -3.78. The number of amides is 1. The highest BCUT2D eigenvalue weighted by Crippen LogP contribution is 2.29. The van der Waals surface area contributed by atoms with Gasteiger partial charge in [0.25, 0.3) is 15.9 Å². The number of nitrogens with zero attached hydrogens (tertiary/aromatic N) is 2. The van der Waals surface area contributed by atoms with Crippen molar-refractivity contribution in [3.05, 3.63) is 53.6 Å². The van der Waals surface area contributed by atoms with E-state index in [9.17, 15) is 13.2 Å². The van der Waals surface area contributed by atoms with Crippen molar-refractivity contribution in [3.8, 4) is 0 Å². The highest BCUT2D eigenvalue weighted by molar-refractivity contribution is 7.92. The summed E-state index contributed by atoms with van der Waals surface area (Å²) in [5.74, 6) is -0.0176. The average Bonchev–Trinajstić information content (AvgIpc) is 3.13. The molecule has 0 atom stereocenters. The topological polar surface area (TPSA) is 81.8 Å². The zero-order valence-electron chi connectivity index (χ0n) is 21.1. The summed E-state index contributed by atoms with van der Waals surface area (Å²) in [6.07, 6.45) is 4.29. The standard InChI is InChI=1S/C27H38N4O3S/c1-27(2,3)21-8-11-23(12-9-21)35(33,34)29-22-10-13-25(30-18-14-28-15-19-30)24(20-22)26(32)31-16-6-4-5-7-17-31/h8-13,20,28-29H,4-7,14-19H2,1-3H3. The highest BCUT2D eigenvalue weighted by Gasteiger charge is 2.25. The number of benzene rings is 2. The predicted octanol–water partition coefficient (Wildman–Crippen LogP) is 4.21. The van der Waals surface area contributed by atoms with Gasteiger partial charge < -0.3 is 15.1 Å². The Morgan fingerprint density at radius 2 is 1.51 bits per heavy atom. The number of likely N-dealkylation sites (tertiary alicyclic amines) is 1. The maximum Gasteiger partial charge on any atom is 0.261 e. The minimum Gasteiger partial charge on any atom is -0.368 e. The second-order valence-corrected chi connectivity index (χ2v) is 12.2. The van der Waals surface area contributed by atoms with Crippen LogP contribution in [-0.2, 0) is 15.4 Å². The number of carbonyl (C=O) groups is 1. The molecule has 0 spiro atoms. The van der Waals surface area contributed by atoms with Crippen LogP contribution in [0.2, 0.25) is 0 Å². The molecule has 2 aromatic carbocycles. The van der Waals surface area contributed by atoms with E-state index in [1.807, 2.05) is 23.1 Å². The van der Waals surface area contributed by atoms with E-state index < -0.39 is 10.0 Å². The van der Waals surface area contributed by atoms with Gasteiger partial charge in [0.2, 0.25) is 0 Å². The van der Waals surface area contributed by atoms with Gasteiger partial charge in [-0.2, -0.15) is 0 Å². The fourth-order valence-electron chi connectivity index (χ4n) is 4.74. The molecule has 4 rings (SSSR count). The third kappa shape index (κ3) is 6.16. The van der Waals surface area contributed by atoms with Gasteiger partial charge in [-0.25, -0.2) is 8.42 Å². The van der Waals surface area contributed by atoms with E-state index >= 15 is 0 Å². The summed E-state index contributed by atoms with van der Waals surface area (Å²) < 4.78 is 29.0. The second kappa shape index (κ2) is 10.6. The summed E-state index contributed by atoms with van der Waals surface area (Å²) in [5, 5.41) is 3.35. The van der Waals surface area contributed by atoms with Crippen LogP contribution < -0.4 is 14.9 Å². The van der Waals surface area contributed by atoms with Crippen molar-refractivity contribution in [2.24, 2.45) is 0 Å². The molecule has 190 valence electrons. The number of anilines is 2. The SMILES string of the molecule is CC(C)(C)c1ccc(S(=O)(=O)Nc2ccc(N3CCNCC3)c(C(=O)N3CCCCCC3)c2)cc1. The average molecular weight is 499 g/mol. The van der Waals surface area contributed by atoms with Crippen LogP contribution in [0.3, 0.4) is 0 Å². The lowest BCUT2D eigenvalue weighted by Gasteiger charge is -2.32. The molecule has 0 unspecified atom stereocenters. The molecule has 0 radical (unpaired) electrons. The summed E-state index contributed by atoms with van der Waals surface area (Å²) in [6.45, 7) is 11.1. The van der Waals surface area contributed by atoms with Gasteiger partial charge in [0, 0.05) is 50.6 Å². The van der Waals surface area contributed by atoms with Crippen LogP contribution in [0, 0.1) is 0 Å². The first-order valence-corrected chi connectivity index (χ1v) is 14.2. The second-order valence-electron chi connectivity index (χ2n) is 10.6. The number of rotatable bonds is 5. The molecule has 1 amide bonds. The normalized spacial score (nSPS) is 17.7. The Morgan fingerprint density at radius 3 is 2.11 bits per heavy atom. The lowest BCUT2D eigenvalue weighted by molar-refractivity contribution is 0.0762. The minimum absolute atomic E-state index is 0.0176. The van der Waals surface area contributed by atoms with Crippen LogP contribution in [0.1, 0.15) is 62.4 Å². The Labute approximate surface area is 209 Å². The van der Waals surface area contributed by atoms with Crippen molar-refractivity contribution >= 4 is 27.3 Å². The van der Waals surface area contributed by atoms with Gasteiger partial charge in [0.1, 0.15) is 0 Å². The molecule has 35 heavy (non-hydrogen) atoms. The van der Waals surface area contributed by atoms with Crippen LogP contribution in [0.25, 0.3) is 0 Å². The van der Waals surface area contributed by atoms with Gasteiger partial charge in [-0.1, -0.05) is 45.7 Å². The molecule has 2 fully saturated rings. The van der Waals surface area contributed by atoms with Crippen LogP contribution in [0.15, 0.2) is 47.4 Å². The van der Waals surface area contributed by atoms with Gasteiger partial charge in [0.15, 0.2) is 0 Å². The molecule has 2 aliphatic heterocycles. The van der Waals surface area contributed by atoms with Crippen molar-refractivity contribution in [3.63, 3.8) is 0 Å². The molecule has 2 saturated heterocycles. The van der Waals surface area contributed by atoms with E-state index in [1.54, 1.807) is 24.3 Å². The lowest BCUT2D eigenvalue weighted by atomic mass is 9.87. The van der Waals surface area contributed by atoms with Gasteiger partial charge in [-0.3, -0.25) is 9.52 Å². The number of hydrogen-bond acceptors (Lipinski definition) is 5. The summed E-state index contributed by atoms with van der Waals surface area (Å²) in [7, 11) is -3.78. The number of hydrogen-bond donors (Lipinski definition) is 2. The van der Waals surface area contributed by atoms with Crippen LogP contribution in [0.4, 0.5) is 11.4 Å². The Balaban J connectivity index is 1.63. The number of carbonyl (C=O) groups excluding carboxylic acids is 1. The van der Waals surface area contributed by atoms with Crippen molar-refractivity contribution in [2.45, 2.75) is 56.8 Å². The molecular formula is C27H38N4O3S. The van der Waals surface area contributed by atoms with Gasteiger partial charge in [-0.15, -0.1) is 0 Å². The Hall–Kier alpha value is -2.58. The predicted molar refractivity (Wildman–Crippen MR) is 142 cm³/mol. The molecule has 0 aliphatic carbocycles. The molecule has 2 heterocycles. The zero-order valence-corrected chi connectivity index (χ0v) is 22.0. The third-order valence-electron chi connectivity index (χ3n) is 6.86. The fraction of sp³-hybridized carbons (Fsp3) is 0.519. The molecule has 2 aliphatic rings. The summed E-state index contributed by atoms with van der Waals surface area (Å²) in [5.41, 5.74) is 2.86. The van der Waals surface area contributed by atoms with E-state index in [-0.39, 0.29) is 16.2 Å². The number of nitrogens with one attached hydrogen (secondary N) is 2. The molecule has 7 nitrogen and oxygen atoms in total. The third-order valence-corrected chi connectivity index (χ3v) is 8.26. The molecule has 0 aromatic heterocycles. The number of sulfonamides is 1. The highest BCUT2D eigenvalue weighted by atomic mass is 32.2. The van der Waals surface area contributed by atoms with Crippen LogP contribution in [-0.4, -0.2) is 58.5 Å². The summed E-state index contributed by atoms with van der Waals surface area (Å²) >= 11 is 0. The van der Waals surface area contributed by atoms with E-state index in [2.05, 4.69) is 35.7 Å². The Kier molecular flexibility index (Phi) is 7.71. The molecule has 0 bridgehead atoms. The molecule has 8 heteroatoms. The Bertz CT molecular complexity index is 1130. The summed E-state index contributed by atoms with van der Waals surface area (Å²) in [4.78, 5) is 18.0. The van der Waals surface area contributed by atoms with Gasteiger partial charge in [0.05, 0.1) is 10.5 Å². The maximum atomic E-state index is 13.6. The van der Waals surface area contributed by atoms with Gasteiger partial charge in [-0.05, 0) is 54.2 Å². The van der Waals surface area contributed by atoms with E-state index in [1.165, 1.54) is 0 Å². The van der Waals surface area contributed by atoms with Crippen LogP contribution >= 0.6 is 0 Å². The monoisotopic (exact) mass is 498 g/mol. The summed E-state index contributed by atoms with van der Waals surface area (Å²) in [6, 6.07) is 12.4. The number of piperazine rings is 1. The molecule has 2 N–H and O–H groups in total. The van der Waals surface area contributed by atoms with Crippen molar-refractivity contribution in [1.29, 1.82) is 0 Å². The Morgan fingerprint density at radius 1 is 0.886 bits per heavy atom.